The van der Waals surface area contributed by atoms with Crippen LogP contribution in [-0.2, 0) is 0 Å². The molecule has 5 nitrogen and oxygen atoms in total. The molecule has 2 heterocycles. The van der Waals surface area contributed by atoms with Gasteiger partial charge in [-0.1, -0.05) is 0 Å². The number of aromatic nitrogens is 2. The number of hydrogen-bond donors (Lipinski definition) is 2. The topological polar surface area (TPSA) is 80.9 Å². The zero-order chi connectivity index (χ0) is 13.1. The highest BCUT2D eigenvalue weighted by molar-refractivity contribution is 7.09. The van der Waals surface area contributed by atoms with Gasteiger partial charge in [0.25, 0.3) is 5.91 Å². The fourth-order valence-electron chi connectivity index (χ4n) is 1.62. The monoisotopic (exact) mass is 262 g/mol. The Kier molecular flexibility index (Phi) is 3.57. The molecule has 0 aromatic carbocycles. The summed E-state index contributed by atoms with van der Waals surface area (Å²) in [5, 5.41) is 5.64. The van der Waals surface area contributed by atoms with Crippen molar-refractivity contribution in [1.29, 1.82) is 0 Å². The van der Waals surface area contributed by atoms with Crippen LogP contribution in [0.1, 0.15) is 34.0 Å². The number of carbonyl (C=O) groups excluding carboxylic acids is 1. The Hall–Kier alpha value is -1.95. The minimum absolute atomic E-state index is 0.118. The maximum Gasteiger partial charge on any atom is 0.252 e. The minimum atomic E-state index is -0.171. The maximum atomic E-state index is 12.0. The lowest BCUT2D eigenvalue weighted by Crippen LogP contribution is -2.26. The van der Waals surface area contributed by atoms with Crippen LogP contribution in [0.2, 0.25) is 0 Å². The first-order valence-corrected chi connectivity index (χ1v) is 6.38. The summed E-state index contributed by atoms with van der Waals surface area (Å²) < 4.78 is 0. The summed E-state index contributed by atoms with van der Waals surface area (Å²) in [6.07, 6.45) is 1.72. The number of thiazole rings is 1. The van der Waals surface area contributed by atoms with Gasteiger partial charge in [0.05, 0.1) is 6.04 Å². The lowest BCUT2D eigenvalue weighted by molar-refractivity contribution is 0.0939. The van der Waals surface area contributed by atoms with Gasteiger partial charge in [0.15, 0.2) is 0 Å². The third-order valence-corrected chi connectivity index (χ3v) is 3.36. The molecular formula is C12H14N4OS. The van der Waals surface area contributed by atoms with Gasteiger partial charge in [-0.25, -0.2) is 9.97 Å². The number of anilines is 1. The molecule has 1 unspecified atom stereocenters. The molecule has 18 heavy (non-hydrogen) atoms. The Morgan fingerprint density at radius 1 is 1.50 bits per heavy atom. The highest BCUT2D eigenvalue weighted by atomic mass is 32.1. The summed E-state index contributed by atoms with van der Waals surface area (Å²) >= 11 is 1.51. The molecule has 2 aromatic rings. The SMILES string of the molecule is Cc1cc(C(=O)NC(C)c2nccs2)cc(N)n1. The molecular weight excluding hydrogens is 248 g/mol. The van der Waals surface area contributed by atoms with Crippen LogP contribution < -0.4 is 11.1 Å². The van der Waals surface area contributed by atoms with Crippen LogP contribution >= 0.6 is 11.3 Å². The molecule has 3 N–H and O–H groups in total. The van der Waals surface area contributed by atoms with Gasteiger partial charge in [-0.3, -0.25) is 4.79 Å². The van der Waals surface area contributed by atoms with Crippen molar-refractivity contribution in [3.05, 3.63) is 40.0 Å². The fourth-order valence-corrected chi connectivity index (χ4v) is 2.26. The molecule has 0 fully saturated rings. The lowest BCUT2D eigenvalue weighted by Gasteiger charge is -2.11. The molecule has 0 saturated heterocycles. The van der Waals surface area contributed by atoms with Crippen molar-refractivity contribution in [3.63, 3.8) is 0 Å². The highest BCUT2D eigenvalue weighted by Gasteiger charge is 2.14. The number of nitrogens with one attached hydrogen (secondary N) is 1. The third-order valence-electron chi connectivity index (χ3n) is 2.40. The Bertz CT molecular complexity index is 533. The van der Waals surface area contributed by atoms with E-state index in [-0.39, 0.29) is 11.9 Å². The number of carbonyl (C=O) groups is 1. The van der Waals surface area contributed by atoms with E-state index >= 15 is 0 Å². The van der Waals surface area contributed by atoms with Crippen molar-refractivity contribution in [2.75, 3.05) is 5.73 Å². The van der Waals surface area contributed by atoms with Crippen molar-refractivity contribution in [1.82, 2.24) is 15.3 Å². The summed E-state index contributed by atoms with van der Waals surface area (Å²) in [5.74, 6) is 0.178. The van der Waals surface area contributed by atoms with E-state index in [0.29, 0.717) is 11.4 Å². The van der Waals surface area contributed by atoms with E-state index in [0.717, 1.165) is 10.7 Å². The quantitative estimate of drug-likeness (QED) is 0.885. The first-order chi connectivity index (χ1) is 8.56. The Labute approximate surface area is 109 Å². The van der Waals surface area contributed by atoms with E-state index in [2.05, 4.69) is 15.3 Å². The predicted octanol–water partition coefficient (Wildman–Crippen LogP) is 1.92. The molecule has 0 bridgehead atoms. The molecule has 0 saturated carbocycles. The highest BCUT2D eigenvalue weighted by Crippen LogP contribution is 2.16. The Morgan fingerprint density at radius 2 is 2.28 bits per heavy atom. The molecule has 2 rings (SSSR count). The van der Waals surface area contributed by atoms with Crippen LogP contribution in [0.4, 0.5) is 5.82 Å². The minimum Gasteiger partial charge on any atom is -0.384 e. The van der Waals surface area contributed by atoms with E-state index in [1.165, 1.54) is 11.3 Å². The second-order valence-corrected chi connectivity index (χ2v) is 4.91. The zero-order valence-electron chi connectivity index (χ0n) is 10.2. The van der Waals surface area contributed by atoms with Crippen molar-refractivity contribution < 1.29 is 4.79 Å². The molecule has 1 atom stereocenters. The van der Waals surface area contributed by atoms with E-state index < -0.39 is 0 Å². The lowest BCUT2D eigenvalue weighted by atomic mass is 10.2. The van der Waals surface area contributed by atoms with Gasteiger partial charge in [0.1, 0.15) is 10.8 Å². The number of pyridine rings is 1. The summed E-state index contributed by atoms with van der Waals surface area (Å²) in [5.41, 5.74) is 6.86. The van der Waals surface area contributed by atoms with Crippen molar-refractivity contribution in [2.45, 2.75) is 19.9 Å². The normalized spacial score (nSPS) is 12.1. The number of rotatable bonds is 3. The molecule has 0 aliphatic carbocycles. The van der Waals surface area contributed by atoms with E-state index in [1.54, 1.807) is 25.3 Å². The second-order valence-electron chi connectivity index (χ2n) is 3.99. The van der Waals surface area contributed by atoms with Gasteiger partial charge >= 0.3 is 0 Å². The Balaban J connectivity index is 2.12. The molecule has 0 radical (unpaired) electrons. The third kappa shape index (κ3) is 2.84. The predicted molar refractivity (Wildman–Crippen MR) is 71.4 cm³/mol. The van der Waals surface area contributed by atoms with Gasteiger partial charge in [0.2, 0.25) is 0 Å². The van der Waals surface area contributed by atoms with Crippen molar-refractivity contribution >= 4 is 23.1 Å². The number of amides is 1. The van der Waals surface area contributed by atoms with Crippen LogP contribution in [0, 0.1) is 6.92 Å². The van der Waals surface area contributed by atoms with Crippen LogP contribution in [0.15, 0.2) is 23.7 Å². The van der Waals surface area contributed by atoms with Crippen LogP contribution in [-0.4, -0.2) is 15.9 Å². The van der Waals surface area contributed by atoms with Crippen molar-refractivity contribution in [2.24, 2.45) is 0 Å². The van der Waals surface area contributed by atoms with Crippen LogP contribution in [0.3, 0.4) is 0 Å². The maximum absolute atomic E-state index is 12.0. The molecule has 1 amide bonds. The molecule has 6 heteroatoms. The summed E-state index contributed by atoms with van der Waals surface area (Å²) in [6.45, 7) is 3.70. The largest absolute Gasteiger partial charge is 0.384 e. The number of nitrogens with zero attached hydrogens (tertiary/aromatic N) is 2. The molecule has 0 aliphatic heterocycles. The van der Waals surface area contributed by atoms with E-state index in [4.69, 9.17) is 5.73 Å². The molecule has 94 valence electrons. The standard InChI is InChI=1S/C12H14N4OS/c1-7-5-9(6-10(13)15-7)11(17)16-8(2)12-14-3-4-18-12/h3-6,8H,1-2H3,(H2,13,15)(H,16,17). The molecule has 0 spiro atoms. The van der Waals surface area contributed by atoms with Gasteiger partial charge in [0, 0.05) is 22.8 Å². The van der Waals surface area contributed by atoms with Gasteiger partial charge in [-0.05, 0) is 26.0 Å². The first kappa shape index (κ1) is 12.5. The number of nitrogens with two attached hydrogens (primary N) is 1. The van der Waals surface area contributed by atoms with Gasteiger partial charge in [-0.15, -0.1) is 11.3 Å². The number of nitrogen functional groups attached to an aromatic ring is 1. The second kappa shape index (κ2) is 5.14. The van der Waals surface area contributed by atoms with E-state index in [9.17, 15) is 4.79 Å². The zero-order valence-corrected chi connectivity index (χ0v) is 11.0. The van der Waals surface area contributed by atoms with E-state index in [1.807, 2.05) is 12.3 Å². The average Bonchev–Trinajstić information content (AvgIpc) is 2.80. The first-order valence-electron chi connectivity index (χ1n) is 5.50. The fraction of sp³-hybridized carbons (Fsp3) is 0.250. The number of hydrogen-bond acceptors (Lipinski definition) is 5. The van der Waals surface area contributed by atoms with Gasteiger partial charge < -0.3 is 11.1 Å². The molecule has 2 aromatic heterocycles. The average molecular weight is 262 g/mol. The smallest absolute Gasteiger partial charge is 0.252 e. The summed E-state index contributed by atoms with van der Waals surface area (Å²) in [7, 11) is 0. The van der Waals surface area contributed by atoms with Crippen molar-refractivity contribution in [3.8, 4) is 0 Å². The number of aryl methyl sites for hydroxylation is 1. The van der Waals surface area contributed by atoms with Gasteiger partial charge in [-0.2, -0.15) is 0 Å². The van der Waals surface area contributed by atoms with Crippen LogP contribution in [0.25, 0.3) is 0 Å². The molecule has 0 aliphatic rings. The summed E-state index contributed by atoms with van der Waals surface area (Å²) in [6, 6.07) is 3.16. The Morgan fingerprint density at radius 3 is 2.89 bits per heavy atom. The van der Waals surface area contributed by atoms with Crippen LogP contribution in [0.5, 0.6) is 0 Å². The summed E-state index contributed by atoms with van der Waals surface area (Å²) in [4.78, 5) is 20.2.